The Morgan fingerprint density at radius 1 is 1.10 bits per heavy atom. The summed E-state index contributed by atoms with van der Waals surface area (Å²) in [6.45, 7) is 0. The predicted molar refractivity (Wildman–Crippen MR) is 76.2 cm³/mol. The number of phenolic OH excluding ortho intramolecular Hbond substituents is 2. The highest BCUT2D eigenvalue weighted by Crippen LogP contribution is 2.26. The van der Waals surface area contributed by atoms with E-state index in [0.29, 0.717) is 5.56 Å². The van der Waals surface area contributed by atoms with Crippen molar-refractivity contribution in [3.05, 3.63) is 69.8 Å². The number of nitrogens with zero attached hydrogens (tertiary/aromatic N) is 1. The molecule has 0 unspecified atom stereocenters. The number of aromatic hydroxyl groups is 2. The average Bonchev–Trinajstić information content (AvgIpc) is 2.46. The zero-order valence-electron chi connectivity index (χ0n) is 10.8. The zero-order valence-corrected chi connectivity index (χ0v) is 10.8. The summed E-state index contributed by atoms with van der Waals surface area (Å²) >= 11 is 0. The van der Waals surface area contributed by atoms with Gasteiger partial charge >= 0.3 is 5.69 Å². The number of rotatable bonds is 4. The van der Waals surface area contributed by atoms with Crippen LogP contribution in [0.25, 0.3) is 6.08 Å². The third-order valence-corrected chi connectivity index (χ3v) is 2.78. The monoisotopic (exact) mass is 285 g/mol. The maximum absolute atomic E-state index is 11.9. The first-order valence-corrected chi connectivity index (χ1v) is 5.96. The fraction of sp³-hybridized carbons (Fsp3) is 0. The molecule has 0 spiro atoms. The first kappa shape index (κ1) is 14.3. The zero-order chi connectivity index (χ0) is 15.4. The third kappa shape index (κ3) is 3.44. The second kappa shape index (κ2) is 5.87. The SMILES string of the molecule is O=C(C=Cc1ccc(O)cc1)c1ccc(O)c([N+](=O)[O-])c1. The van der Waals surface area contributed by atoms with E-state index < -0.39 is 22.1 Å². The van der Waals surface area contributed by atoms with Gasteiger partial charge < -0.3 is 10.2 Å². The smallest absolute Gasteiger partial charge is 0.311 e. The molecule has 0 aliphatic rings. The molecule has 2 aromatic carbocycles. The van der Waals surface area contributed by atoms with Gasteiger partial charge in [-0.1, -0.05) is 18.2 Å². The molecule has 106 valence electrons. The van der Waals surface area contributed by atoms with E-state index in [9.17, 15) is 20.0 Å². The molecule has 0 aromatic heterocycles. The van der Waals surface area contributed by atoms with E-state index in [4.69, 9.17) is 5.11 Å². The molecule has 0 aliphatic heterocycles. The van der Waals surface area contributed by atoms with Crippen molar-refractivity contribution in [1.29, 1.82) is 0 Å². The Kier molecular flexibility index (Phi) is 3.99. The van der Waals surface area contributed by atoms with Crippen LogP contribution in [0.5, 0.6) is 11.5 Å². The Hall–Kier alpha value is -3.15. The van der Waals surface area contributed by atoms with E-state index in [1.165, 1.54) is 30.4 Å². The van der Waals surface area contributed by atoms with Gasteiger partial charge in [0.2, 0.25) is 0 Å². The topological polar surface area (TPSA) is 101 Å². The van der Waals surface area contributed by atoms with Crippen molar-refractivity contribution in [3.8, 4) is 11.5 Å². The van der Waals surface area contributed by atoms with Gasteiger partial charge in [-0.25, -0.2) is 0 Å². The maximum Gasteiger partial charge on any atom is 0.311 e. The van der Waals surface area contributed by atoms with Crippen LogP contribution in [0.3, 0.4) is 0 Å². The fourth-order valence-electron chi connectivity index (χ4n) is 1.68. The fourth-order valence-corrected chi connectivity index (χ4v) is 1.68. The Labute approximate surface area is 119 Å². The normalized spacial score (nSPS) is 10.7. The summed E-state index contributed by atoms with van der Waals surface area (Å²) in [7, 11) is 0. The lowest BCUT2D eigenvalue weighted by atomic mass is 10.1. The van der Waals surface area contributed by atoms with Gasteiger partial charge in [-0.15, -0.1) is 0 Å². The number of benzene rings is 2. The molecule has 0 heterocycles. The number of nitro benzene ring substituents is 1. The van der Waals surface area contributed by atoms with Crippen LogP contribution in [-0.2, 0) is 0 Å². The van der Waals surface area contributed by atoms with Gasteiger partial charge in [0, 0.05) is 11.6 Å². The van der Waals surface area contributed by atoms with Crippen molar-refractivity contribution in [2.24, 2.45) is 0 Å². The van der Waals surface area contributed by atoms with Crippen LogP contribution in [0.15, 0.2) is 48.5 Å². The van der Waals surface area contributed by atoms with Crippen LogP contribution >= 0.6 is 0 Å². The van der Waals surface area contributed by atoms with Gasteiger partial charge in [-0.05, 0) is 35.9 Å². The highest BCUT2D eigenvalue weighted by molar-refractivity contribution is 6.07. The van der Waals surface area contributed by atoms with Gasteiger partial charge in [-0.3, -0.25) is 14.9 Å². The molecular formula is C15H11NO5. The number of allylic oxidation sites excluding steroid dienone is 1. The number of hydrogen-bond donors (Lipinski definition) is 2. The van der Waals surface area contributed by atoms with Gasteiger partial charge in [0.25, 0.3) is 0 Å². The van der Waals surface area contributed by atoms with E-state index in [0.717, 1.165) is 12.1 Å². The second-order valence-corrected chi connectivity index (χ2v) is 4.25. The molecule has 2 aromatic rings. The Bertz CT molecular complexity index is 719. The van der Waals surface area contributed by atoms with Crippen LogP contribution in [0.1, 0.15) is 15.9 Å². The van der Waals surface area contributed by atoms with Crippen molar-refractivity contribution in [2.75, 3.05) is 0 Å². The average molecular weight is 285 g/mol. The lowest BCUT2D eigenvalue weighted by molar-refractivity contribution is -0.385. The number of carbonyl (C=O) groups is 1. The minimum atomic E-state index is -0.754. The van der Waals surface area contributed by atoms with Gasteiger partial charge in [-0.2, -0.15) is 0 Å². The molecular weight excluding hydrogens is 274 g/mol. The minimum Gasteiger partial charge on any atom is -0.508 e. The van der Waals surface area contributed by atoms with Gasteiger partial charge in [0.15, 0.2) is 11.5 Å². The van der Waals surface area contributed by atoms with Crippen molar-refractivity contribution in [3.63, 3.8) is 0 Å². The molecule has 0 aliphatic carbocycles. The third-order valence-electron chi connectivity index (χ3n) is 2.78. The molecule has 6 nitrogen and oxygen atoms in total. The lowest BCUT2D eigenvalue weighted by Gasteiger charge is -1.99. The summed E-state index contributed by atoms with van der Waals surface area (Å²) in [6, 6.07) is 9.66. The number of carbonyl (C=O) groups excluding carboxylic acids is 1. The molecule has 21 heavy (non-hydrogen) atoms. The first-order chi connectivity index (χ1) is 9.97. The van der Waals surface area contributed by atoms with Crippen LogP contribution in [0, 0.1) is 10.1 Å². The first-order valence-electron chi connectivity index (χ1n) is 5.96. The number of hydrogen-bond acceptors (Lipinski definition) is 5. The van der Waals surface area contributed by atoms with Crippen molar-refractivity contribution in [1.82, 2.24) is 0 Å². The van der Waals surface area contributed by atoms with Crippen molar-refractivity contribution in [2.45, 2.75) is 0 Å². The van der Waals surface area contributed by atoms with Crippen molar-refractivity contribution < 1.29 is 19.9 Å². The molecule has 0 radical (unpaired) electrons. The number of ketones is 1. The Morgan fingerprint density at radius 2 is 1.76 bits per heavy atom. The molecule has 0 saturated carbocycles. The molecule has 6 heteroatoms. The van der Waals surface area contributed by atoms with Crippen LogP contribution < -0.4 is 0 Å². The largest absolute Gasteiger partial charge is 0.508 e. The highest BCUT2D eigenvalue weighted by atomic mass is 16.6. The molecule has 0 fully saturated rings. The molecule has 2 rings (SSSR count). The van der Waals surface area contributed by atoms with Crippen LogP contribution in [0.2, 0.25) is 0 Å². The summed E-state index contributed by atoms with van der Waals surface area (Å²) in [5.41, 5.74) is 0.294. The Morgan fingerprint density at radius 3 is 2.38 bits per heavy atom. The number of phenols is 2. The summed E-state index contributed by atoms with van der Waals surface area (Å²) in [4.78, 5) is 21.9. The summed E-state index contributed by atoms with van der Waals surface area (Å²) in [5.74, 6) is -0.794. The number of nitro groups is 1. The van der Waals surface area contributed by atoms with Gasteiger partial charge in [0.1, 0.15) is 5.75 Å². The maximum atomic E-state index is 11.9. The summed E-state index contributed by atoms with van der Waals surface area (Å²) in [5, 5.41) is 29.2. The van der Waals surface area contributed by atoms with E-state index >= 15 is 0 Å². The standard InChI is InChI=1S/C15H11NO5/c17-12-5-1-10(2-6-12)3-7-14(18)11-4-8-15(19)13(9-11)16(20)21/h1-9,17,19H. The molecule has 0 bridgehead atoms. The molecule has 0 saturated heterocycles. The minimum absolute atomic E-state index is 0.106. The van der Waals surface area contributed by atoms with E-state index in [1.807, 2.05) is 0 Å². The summed E-state index contributed by atoms with van der Waals surface area (Å²) in [6.07, 6.45) is 2.79. The van der Waals surface area contributed by atoms with Gasteiger partial charge in [0.05, 0.1) is 4.92 Å². The molecule has 0 amide bonds. The van der Waals surface area contributed by atoms with E-state index in [2.05, 4.69) is 0 Å². The van der Waals surface area contributed by atoms with E-state index in [-0.39, 0.29) is 11.3 Å². The van der Waals surface area contributed by atoms with Crippen molar-refractivity contribution >= 4 is 17.5 Å². The molecule has 2 N–H and O–H groups in total. The second-order valence-electron chi connectivity index (χ2n) is 4.25. The molecule has 0 atom stereocenters. The van der Waals surface area contributed by atoms with Crippen LogP contribution in [-0.4, -0.2) is 20.9 Å². The highest BCUT2D eigenvalue weighted by Gasteiger charge is 2.15. The Balaban J connectivity index is 2.22. The van der Waals surface area contributed by atoms with Crippen LogP contribution in [0.4, 0.5) is 5.69 Å². The predicted octanol–water partition coefficient (Wildman–Crippen LogP) is 2.90. The quantitative estimate of drug-likeness (QED) is 0.389. The summed E-state index contributed by atoms with van der Waals surface area (Å²) < 4.78 is 0. The van der Waals surface area contributed by atoms with E-state index in [1.54, 1.807) is 12.1 Å². The lowest BCUT2D eigenvalue weighted by Crippen LogP contribution is -1.97.